The SMILES string of the molecule is CCNC(=NCC(c1cccs1)N1CCOCC1)NC1CCCC(S(=O)CC)C1. The maximum absolute atomic E-state index is 12.3. The van der Waals surface area contributed by atoms with Crippen molar-refractivity contribution in [2.75, 3.05) is 45.1 Å². The smallest absolute Gasteiger partial charge is 0.191 e. The zero-order chi connectivity index (χ0) is 20.5. The van der Waals surface area contributed by atoms with Crippen molar-refractivity contribution in [1.82, 2.24) is 15.5 Å². The summed E-state index contributed by atoms with van der Waals surface area (Å²) in [5.74, 6) is 1.64. The Hall–Kier alpha value is -0.960. The summed E-state index contributed by atoms with van der Waals surface area (Å²) in [6.07, 6.45) is 4.32. The summed E-state index contributed by atoms with van der Waals surface area (Å²) in [5, 5.41) is 9.51. The van der Waals surface area contributed by atoms with E-state index in [0.717, 1.165) is 76.8 Å². The Kier molecular flexibility index (Phi) is 9.42. The molecule has 2 heterocycles. The number of hydrogen-bond donors (Lipinski definition) is 2. The second kappa shape index (κ2) is 12.0. The summed E-state index contributed by atoms with van der Waals surface area (Å²) in [5.41, 5.74) is 0. The lowest BCUT2D eigenvalue weighted by Gasteiger charge is -2.33. The van der Waals surface area contributed by atoms with E-state index in [2.05, 4.69) is 40.0 Å². The number of nitrogens with one attached hydrogen (secondary N) is 2. The second-order valence-electron chi connectivity index (χ2n) is 7.70. The third-order valence-corrected chi connectivity index (χ3v) is 8.46. The van der Waals surface area contributed by atoms with Gasteiger partial charge in [0.25, 0.3) is 0 Å². The van der Waals surface area contributed by atoms with Gasteiger partial charge in [-0.15, -0.1) is 11.3 Å². The van der Waals surface area contributed by atoms with Crippen LogP contribution in [-0.2, 0) is 15.5 Å². The van der Waals surface area contributed by atoms with E-state index in [9.17, 15) is 4.21 Å². The van der Waals surface area contributed by atoms with Gasteiger partial charge in [-0.3, -0.25) is 14.1 Å². The minimum Gasteiger partial charge on any atom is -0.379 e. The monoisotopic (exact) mass is 440 g/mol. The Morgan fingerprint density at radius 3 is 2.90 bits per heavy atom. The van der Waals surface area contributed by atoms with Crippen molar-refractivity contribution in [3.63, 3.8) is 0 Å². The van der Waals surface area contributed by atoms with E-state index in [1.165, 1.54) is 4.88 Å². The van der Waals surface area contributed by atoms with Crippen molar-refractivity contribution >= 4 is 28.1 Å². The van der Waals surface area contributed by atoms with Gasteiger partial charge >= 0.3 is 0 Å². The Morgan fingerprint density at radius 1 is 1.38 bits per heavy atom. The van der Waals surface area contributed by atoms with Crippen LogP contribution in [0.1, 0.15) is 50.4 Å². The topological polar surface area (TPSA) is 66.0 Å². The molecule has 3 rings (SSSR count). The molecule has 1 saturated carbocycles. The maximum Gasteiger partial charge on any atom is 0.191 e. The van der Waals surface area contributed by atoms with Gasteiger partial charge in [-0.2, -0.15) is 0 Å². The van der Waals surface area contributed by atoms with Crippen molar-refractivity contribution < 1.29 is 8.95 Å². The third-order valence-electron chi connectivity index (χ3n) is 5.75. The Bertz CT molecular complexity index is 647. The highest BCUT2D eigenvalue weighted by Crippen LogP contribution is 2.26. The van der Waals surface area contributed by atoms with E-state index in [1.54, 1.807) is 11.3 Å². The Labute approximate surface area is 182 Å². The van der Waals surface area contributed by atoms with Crippen LogP contribution in [0.2, 0.25) is 0 Å². The Morgan fingerprint density at radius 2 is 2.21 bits per heavy atom. The summed E-state index contributed by atoms with van der Waals surface area (Å²) in [6, 6.07) is 4.98. The van der Waals surface area contributed by atoms with Crippen molar-refractivity contribution in [3.8, 4) is 0 Å². The predicted molar refractivity (Wildman–Crippen MR) is 123 cm³/mol. The number of hydrogen-bond acceptors (Lipinski definition) is 5. The molecule has 0 spiro atoms. The van der Waals surface area contributed by atoms with E-state index < -0.39 is 10.8 Å². The van der Waals surface area contributed by atoms with Crippen LogP contribution in [0.3, 0.4) is 0 Å². The fraction of sp³-hybridized carbons (Fsp3) is 0.762. The van der Waals surface area contributed by atoms with Gasteiger partial charge in [-0.25, -0.2) is 0 Å². The highest BCUT2D eigenvalue weighted by molar-refractivity contribution is 7.85. The molecular formula is C21H36N4O2S2. The van der Waals surface area contributed by atoms with Gasteiger partial charge in [0.15, 0.2) is 5.96 Å². The van der Waals surface area contributed by atoms with Gasteiger partial charge in [0.2, 0.25) is 0 Å². The second-order valence-corrected chi connectivity index (χ2v) is 10.7. The molecule has 1 aliphatic carbocycles. The normalized spacial score (nSPS) is 26.1. The van der Waals surface area contributed by atoms with Crippen LogP contribution in [0.15, 0.2) is 22.5 Å². The van der Waals surface area contributed by atoms with Crippen LogP contribution in [0.25, 0.3) is 0 Å². The molecule has 8 heteroatoms. The summed E-state index contributed by atoms with van der Waals surface area (Å²) in [6.45, 7) is 9.19. The van der Waals surface area contributed by atoms with Crippen molar-refractivity contribution in [1.29, 1.82) is 0 Å². The number of guanidine groups is 1. The molecule has 1 saturated heterocycles. The quantitative estimate of drug-likeness (QED) is 0.481. The Balaban J connectivity index is 1.65. The zero-order valence-electron chi connectivity index (χ0n) is 17.8. The molecule has 0 bridgehead atoms. The number of ether oxygens (including phenoxy) is 1. The maximum atomic E-state index is 12.3. The van der Waals surface area contributed by atoms with Crippen LogP contribution < -0.4 is 10.6 Å². The van der Waals surface area contributed by atoms with E-state index >= 15 is 0 Å². The lowest BCUT2D eigenvalue weighted by molar-refractivity contribution is 0.0186. The van der Waals surface area contributed by atoms with Gasteiger partial charge in [0.1, 0.15) is 0 Å². The number of morpholine rings is 1. The standard InChI is InChI=1S/C21H36N4O2S2/c1-3-22-21(24-17-7-5-8-18(15-17)29(26)4-2)23-16-19(20-9-6-14-28-20)25-10-12-27-13-11-25/h6,9,14,17-19H,3-5,7-8,10-13,15-16H2,1-2H3,(H2,22,23,24). The van der Waals surface area contributed by atoms with Gasteiger partial charge in [0.05, 0.1) is 25.8 Å². The van der Waals surface area contributed by atoms with E-state index in [0.29, 0.717) is 17.3 Å². The molecule has 0 amide bonds. The molecule has 6 nitrogen and oxygen atoms in total. The molecule has 2 aliphatic rings. The van der Waals surface area contributed by atoms with Crippen LogP contribution in [-0.4, -0.2) is 71.5 Å². The fourth-order valence-electron chi connectivity index (χ4n) is 4.20. The zero-order valence-corrected chi connectivity index (χ0v) is 19.4. The van der Waals surface area contributed by atoms with Gasteiger partial charge in [-0.1, -0.05) is 19.4 Å². The van der Waals surface area contributed by atoms with Crippen molar-refractivity contribution in [3.05, 3.63) is 22.4 Å². The van der Waals surface area contributed by atoms with Gasteiger partial charge in [-0.05, 0) is 37.6 Å². The highest BCUT2D eigenvalue weighted by Gasteiger charge is 2.27. The number of aliphatic imine (C=N–C) groups is 1. The largest absolute Gasteiger partial charge is 0.379 e. The third kappa shape index (κ3) is 6.77. The molecule has 0 radical (unpaired) electrons. The molecule has 164 valence electrons. The van der Waals surface area contributed by atoms with Crippen LogP contribution >= 0.6 is 11.3 Å². The summed E-state index contributed by atoms with van der Waals surface area (Å²) >= 11 is 1.80. The molecule has 2 N–H and O–H groups in total. The number of thiophene rings is 1. The number of rotatable bonds is 8. The van der Waals surface area contributed by atoms with Crippen LogP contribution in [0, 0.1) is 0 Å². The van der Waals surface area contributed by atoms with Crippen LogP contribution in [0.5, 0.6) is 0 Å². The highest BCUT2D eigenvalue weighted by atomic mass is 32.2. The molecule has 4 unspecified atom stereocenters. The fourth-order valence-corrected chi connectivity index (χ4v) is 6.40. The average Bonchev–Trinajstić information content (AvgIpc) is 3.29. The molecule has 0 aromatic carbocycles. The average molecular weight is 441 g/mol. The minimum absolute atomic E-state index is 0.293. The van der Waals surface area contributed by atoms with Crippen molar-refractivity contribution in [2.24, 2.45) is 4.99 Å². The van der Waals surface area contributed by atoms with Gasteiger partial charge < -0.3 is 15.4 Å². The minimum atomic E-state index is -0.705. The van der Waals surface area contributed by atoms with E-state index in [1.807, 2.05) is 6.92 Å². The molecule has 1 aromatic heterocycles. The first-order chi connectivity index (χ1) is 14.2. The lowest BCUT2D eigenvalue weighted by Crippen LogP contribution is -2.47. The predicted octanol–water partition coefficient (Wildman–Crippen LogP) is 2.76. The first kappa shape index (κ1) is 22.7. The molecule has 1 aromatic rings. The number of nitrogens with zero attached hydrogens (tertiary/aromatic N) is 2. The molecule has 29 heavy (non-hydrogen) atoms. The summed E-state index contributed by atoms with van der Waals surface area (Å²) in [4.78, 5) is 8.82. The molecule has 4 atom stereocenters. The molecular weight excluding hydrogens is 404 g/mol. The molecule has 2 fully saturated rings. The lowest BCUT2D eigenvalue weighted by atomic mass is 9.95. The van der Waals surface area contributed by atoms with E-state index in [4.69, 9.17) is 9.73 Å². The van der Waals surface area contributed by atoms with Crippen molar-refractivity contribution in [2.45, 2.75) is 56.9 Å². The first-order valence-corrected chi connectivity index (χ1v) is 13.2. The summed E-state index contributed by atoms with van der Waals surface area (Å²) < 4.78 is 17.8. The van der Waals surface area contributed by atoms with Crippen LogP contribution in [0.4, 0.5) is 0 Å². The van der Waals surface area contributed by atoms with Gasteiger partial charge in [0, 0.05) is 52.4 Å². The van der Waals surface area contributed by atoms with E-state index in [-0.39, 0.29) is 0 Å². The summed E-state index contributed by atoms with van der Waals surface area (Å²) in [7, 11) is -0.705. The molecule has 1 aliphatic heterocycles. The first-order valence-electron chi connectivity index (χ1n) is 11.0.